The summed E-state index contributed by atoms with van der Waals surface area (Å²) in [5.74, 6) is -1.28. The third-order valence-corrected chi connectivity index (χ3v) is 7.29. The second kappa shape index (κ2) is 8.51. The lowest BCUT2D eigenvalue weighted by atomic mass is 9.87. The number of nitrogens with zero attached hydrogens (tertiary/aromatic N) is 6. The molecule has 4 aromatic rings. The summed E-state index contributed by atoms with van der Waals surface area (Å²) in [4.78, 5) is 13.6. The summed E-state index contributed by atoms with van der Waals surface area (Å²) in [6.45, 7) is 4.65. The highest BCUT2D eigenvalue weighted by molar-refractivity contribution is 5.85. The van der Waals surface area contributed by atoms with Crippen molar-refractivity contribution in [3.05, 3.63) is 36.5 Å². The summed E-state index contributed by atoms with van der Waals surface area (Å²) in [7, 11) is 0. The van der Waals surface area contributed by atoms with Crippen molar-refractivity contribution in [2.45, 2.75) is 76.5 Å². The molecule has 0 aliphatic heterocycles. The molecule has 0 radical (unpaired) electrons. The quantitative estimate of drug-likeness (QED) is 0.409. The number of alkyl halides is 2. The van der Waals surface area contributed by atoms with E-state index in [9.17, 15) is 8.78 Å². The van der Waals surface area contributed by atoms with E-state index in [0.29, 0.717) is 29.6 Å². The van der Waals surface area contributed by atoms with Gasteiger partial charge in [0.2, 0.25) is 5.95 Å². The van der Waals surface area contributed by atoms with Crippen LogP contribution in [0.1, 0.15) is 57.3 Å². The van der Waals surface area contributed by atoms with Crippen LogP contribution in [0.4, 0.5) is 14.7 Å². The SMILES string of the molecule is CCO[C@H]1CC[C@H](Nc2ncc3c(-c4cnc5nc(C)n(C6CC(F)(F)C6)c5c4)ccn3n2)CC1. The standard InChI is InChI=1S/C25H29F2N7O/c1-3-35-19-6-4-17(5-7-19)31-24-29-14-22-20(8-9-33(22)32-24)16-10-21-23(28-13-16)30-15(2)34(21)18-11-25(26,27)12-18/h8-10,13-14,17-19H,3-7,11-12H2,1-2H3,(H,31,32)/t17-,19-. The molecule has 2 aliphatic rings. The van der Waals surface area contributed by atoms with E-state index in [4.69, 9.17) is 4.74 Å². The molecule has 0 saturated heterocycles. The Balaban J connectivity index is 1.25. The Morgan fingerprint density at radius 2 is 1.91 bits per heavy atom. The van der Waals surface area contributed by atoms with E-state index in [1.54, 1.807) is 6.20 Å². The molecule has 2 aliphatic carbocycles. The van der Waals surface area contributed by atoms with Crippen molar-refractivity contribution in [1.82, 2.24) is 29.1 Å². The van der Waals surface area contributed by atoms with Crippen LogP contribution in [0.2, 0.25) is 0 Å². The molecule has 0 amide bonds. The molecule has 4 aromatic heterocycles. The van der Waals surface area contributed by atoms with Crippen LogP contribution >= 0.6 is 0 Å². The van der Waals surface area contributed by atoms with Gasteiger partial charge in [0.05, 0.1) is 23.3 Å². The van der Waals surface area contributed by atoms with Crippen molar-refractivity contribution in [1.29, 1.82) is 0 Å². The van der Waals surface area contributed by atoms with Gasteiger partial charge in [0, 0.05) is 55.1 Å². The average Bonchev–Trinajstić information content (AvgIpc) is 3.38. The normalized spacial score (nSPS) is 22.5. The molecular formula is C25H29F2N7O. The molecule has 10 heteroatoms. The van der Waals surface area contributed by atoms with Gasteiger partial charge in [-0.3, -0.25) is 0 Å². The van der Waals surface area contributed by atoms with E-state index in [1.807, 2.05) is 47.5 Å². The number of aryl methyl sites for hydroxylation is 1. The molecule has 35 heavy (non-hydrogen) atoms. The largest absolute Gasteiger partial charge is 0.379 e. The first-order valence-electron chi connectivity index (χ1n) is 12.4. The fourth-order valence-corrected chi connectivity index (χ4v) is 5.51. The van der Waals surface area contributed by atoms with E-state index in [0.717, 1.165) is 54.5 Å². The Morgan fingerprint density at radius 3 is 2.66 bits per heavy atom. The number of imidazole rings is 1. The molecule has 8 nitrogen and oxygen atoms in total. The van der Waals surface area contributed by atoms with Crippen LogP contribution < -0.4 is 5.32 Å². The fraction of sp³-hybridized carbons (Fsp3) is 0.520. The highest BCUT2D eigenvalue weighted by Crippen LogP contribution is 2.47. The van der Waals surface area contributed by atoms with E-state index in [1.165, 1.54) is 0 Å². The van der Waals surface area contributed by atoms with Crippen LogP contribution in [0, 0.1) is 6.92 Å². The minimum atomic E-state index is -2.59. The molecule has 6 rings (SSSR count). The number of rotatable bonds is 6. The summed E-state index contributed by atoms with van der Waals surface area (Å²) in [5, 5.41) is 8.13. The number of halogens is 2. The van der Waals surface area contributed by atoms with E-state index in [-0.39, 0.29) is 18.9 Å². The van der Waals surface area contributed by atoms with Gasteiger partial charge < -0.3 is 14.6 Å². The molecule has 0 unspecified atom stereocenters. The van der Waals surface area contributed by atoms with Gasteiger partial charge in [0.1, 0.15) is 5.82 Å². The number of pyridine rings is 1. The maximum absolute atomic E-state index is 13.5. The molecule has 2 saturated carbocycles. The lowest BCUT2D eigenvalue weighted by Gasteiger charge is -2.36. The Labute approximate surface area is 201 Å². The number of fused-ring (bicyclic) bond motifs is 2. The van der Waals surface area contributed by atoms with Gasteiger partial charge in [-0.1, -0.05) is 0 Å². The number of hydrogen-bond donors (Lipinski definition) is 1. The minimum Gasteiger partial charge on any atom is -0.379 e. The molecule has 0 atom stereocenters. The zero-order valence-electron chi connectivity index (χ0n) is 19.9. The van der Waals surface area contributed by atoms with Crippen molar-refractivity contribution in [3.63, 3.8) is 0 Å². The second-order valence-corrected chi connectivity index (χ2v) is 9.73. The number of hydrogen-bond acceptors (Lipinski definition) is 6. The Bertz CT molecular complexity index is 1370. The number of nitrogens with one attached hydrogen (secondary N) is 1. The molecule has 4 heterocycles. The Morgan fingerprint density at radius 1 is 1.11 bits per heavy atom. The minimum absolute atomic E-state index is 0.157. The van der Waals surface area contributed by atoms with Crippen molar-refractivity contribution in [2.24, 2.45) is 0 Å². The van der Waals surface area contributed by atoms with Crippen LogP contribution in [0.15, 0.2) is 30.7 Å². The molecule has 2 fully saturated rings. The Hall–Kier alpha value is -3.14. The van der Waals surface area contributed by atoms with Gasteiger partial charge in [-0.25, -0.2) is 28.2 Å². The fourth-order valence-electron chi connectivity index (χ4n) is 5.51. The van der Waals surface area contributed by atoms with Gasteiger partial charge in [0.15, 0.2) is 5.65 Å². The molecule has 1 N–H and O–H groups in total. The lowest BCUT2D eigenvalue weighted by molar-refractivity contribution is -0.103. The smallest absolute Gasteiger partial charge is 0.252 e. The maximum Gasteiger partial charge on any atom is 0.252 e. The van der Waals surface area contributed by atoms with Gasteiger partial charge in [-0.05, 0) is 51.7 Å². The molecule has 0 aromatic carbocycles. The number of anilines is 1. The first-order valence-corrected chi connectivity index (χ1v) is 12.4. The van der Waals surface area contributed by atoms with Crippen LogP contribution in [0.3, 0.4) is 0 Å². The molecule has 0 bridgehead atoms. The van der Waals surface area contributed by atoms with Crippen molar-refractivity contribution >= 4 is 22.6 Å². The van der Waals surface area contributed by atoms with Crippen LogP contribution in [-0.2, 0) is 4.74 Å². The Kier molecular flexibility index (Phi) is 5.43. The van der Waals surface area contributed by atoms with E-state index >= 15 is 0 Å². The predicted octanol–water partition coefficient (Wildman–Crippen LogP) is 5.18. The molecule has 184 valence electrons. The van der Waals surface area contributed by atoms with Crippen LogP contribution in [0.25, 0.3) is 27.8 Å². The number of aromatic nitrogens is 6. The first kappa shape index (κ1) is 22.3. The van der Waals surface area contributed by atoms with Gasteiger partial charge in [0.25, 0.3) is 5.92 Å². The van der Waals surface area contributed by atoms with E-state index in [2.05, 4.69) is 25.4 Å². The summed E-state index contributed by atoms with van der Waals surface area (Å²) >= 11 is 0. The van der Waals surface area contributed by atoms with Gasteiger partial charge >= 0.3 is 0 Å². The van der Waals surface area contributed by atoms with Gasteiger partial charge in [-0.15, -0.1) is 5.10 Å². The summed E-state index contributed by atoms with van der Waals surface area (Å²) < 4.78 is 36.5. The first-order chi connectivity index (χ1) is 16.9. The van der Waals surface area contributed by atoms with Crippen LogP contribution in [0.5, 0.6) is 0 Å². The number of ether oxygens (including phenoxy) is 1. The highest BCUT2D eigenvalue weighted by Gasteiger charge is 2.47. The second-order valence-electron chi connectivity index (χ2n) is 9.73. The predicted molar refractivity (Wildman–Crippen MR) is 129 cm³/mol. The van der Waals surface area contributed by atoms with E-state index < -0.39 is 5.92 Å². The lowest BCUT2D eigenvalue weighted by Crippen LogP contribution is -2.37. The monoisotopic (exact) mass is 481 g/mol. The average molecular weight is 482 g/mol. The maximum atomic E-state index is 13.5. The van der Waals surface area contributed by atoms with Crippen LogP contribution in [-0.4, -0.2) is 53.8 Å². The topological polar surface area (TPSA) is 82.2 Å². The highest BCUT2D eigenvalue weighted by atomic mass is 19.3. The summed E-state index contributed by atoms with van der Waals surface area (Å²) in [5.41, 5.74) is 4.03. The molecular weight excluding hydrogens is 452 g/mol. The van der Waals surface area contributed by atoms with Crippen molar-refractivity contribution in [2.75, 3.05) is 11.9 Å². The summed E-state index contributed by atoms with van der Waals surface area (Å²) in [6.07, 6.45) is 9.71. The zero-order chi connectivity index (χ0) is 24.2. The van der Waals surface area contributed by atoms with Gasteiger partial charge in [-0.2, -0.15) is 0 Å². The third-order valence-electron chi connectivity index (χ3n) is 7.29. The zero-order valence-corrected chi connectivity index (χ0v) is 19.9. The molecule has 0 spiro atoms. The summed E-state index contributed by atoms with van der Waals surface area (Å²) in [6, 6.07) is 4.05. The van der Waals surface area contributed by atoms with Crippen molar-refractivity contribution < 1.29 is 13.5 Å². The van der Waals surface area contributed by atoms with Crippen molar-refractivity contribution in [3.8, 4) is 11.1 Å². The third kappa shape index (κ3) is 4.13.